The van der Waals surface area contributed by atoms with Gasteiger partial charge in [-0.2, -0.15) is 0 Å². The van der Waals surface area contributed by atoms with Crippen LogP contribution in [0.15, 0.2) is 36.4 Å². The summed E-state index contributed by atoms with van der Waals surface area (Å²) in [5, 5.41) is 14.2. The van der Waals surface area contributed by atoms with Gasteiger partial charge in [0, 0.05) is 18.7 Å². The topological polar surface area (TPSA) is 105 Å². The van der Waals surface area contributed by atoms with Gasteiger partial charge in [0.1, 0.15) is 17.4 Å². The lowest BCUT2D eigenvalue weighted by Gasteiger charge is -2.26. The van der Waals surface area contributed by atoms with Crippen LogP contribution in [0.2, 0.25) is 0 Å². The van der Waals surface area contributed by atoms with Gasteiger partial charge < -0.3 is 20.5 Å². The van der Waals surface area contributed by atoms with Crippen LogP contribution in [0, 0.1) is 17.6 Å². The van der Waals surface area contributed by atoms with E-state index in [1.807, 2.05) is 0 Å². The number of halogens is 2. The van der Waals surface area contributed by atoms with E-state index in [9.17, 15) is 23.2 Å². The lowest BCUT2D eigenvalue weighted by Crippen LogP contribution is -2.35. The molecule has 2 amide bonds. The first kappa shape index (κ1) is 24.6. The molecule has 2 saturated carbocycles. The standard InChI is InChI=1S/C26H28F2N2O5/c27-22-14-21(23(28)13-20(22)15-1-2-15)25(32)30-12-11-29-24(31)16-3-7-18(8-4-16)35-19-9-5-17(6-10-19)26(33)34/h3-4,7-8,13-15,17,19H,1-2,5-6,9-12H2,(H,29,31)(H,30,32)(H,33,34). The highest BCUT2D eigenvalue weighted by Crippen LogP contribution is 2.41. The summed E-state index contributed by atoms with van der Waals surface area (Å²) in [6, 6.07) is 8.62. The molecule has 2 aliphatic carbocycles. The highest BCUT2D eigenvalue weighted by Gasteiger charge is 2.29. The van der Waals surface area contributed by atoms with Crippen molar-refractivity contribution >= 4 is 17.8 Å². The van der Waals surface area contributed by atoms with Crippen molar-refractivity contribution < 1.29 is 33.0 Å². The summed E-state index contributed by atoms with van der Waals surface area (Å²) in [5.41, 5.74) is 0.362. The fourth-order valence-corrected chi connectivity index (χ4v) is 4.30. The Morgan fingerprint density at radius 1 is 0.857 bits per heavy atom. The van der Waals surface area contributed by atoms with E-state index < -0.39 is 23.5 Å². The van der Waals surface area contributed by atoms with E-state index in [0.717, 1.165) is 25.0 Å². The first-order valence-electron chi connectivity index (χ1n) is 11.9. The Bertz CT molecular complexity index is 1090. The smallest absolute Gasteiger partial charge is 0.306 e. The van der Waals surface area contributed by atoms with Gasteiger partial charge in [-0.15, -0.1) is 0 Å². The maximum absolute atomic E-state index is 14.2. The van der Waals surface area contributed by atoms with Crippen LogP contribution in [0.1, 0.15) is 70.7 Å². The van der Waals surface area contributed by atoms with Gasteiger partial charge in [-0.05, 0) is 86.4 Å². The maximum atomic E-state index is 14.2. The second-order valence-electron chi connectivity index (χ2n) is 9.09. The highest BCUT2D eigenvalue weighted by atomic mass is 19.1. The molecular formula is C26H28F2N2O5. The van der Waals surface area contributed by atoms with Crippen molar-refractivity contribution in [3.8, 4) is 5.75 Å². The second-order valence-corrected chi connectivity index (χ2v) is 9.09. The number of hydrogen-bond donors (Lipinski definition) is 3. The minimum atomic E-state index is -0.762. The molecule has 2 aromatic carbocycles. The summed E-state index contributed by atoms with van der Waals surface area (Å²) >= 11 is 0. The molecule has 0 bridgehead atoms. The largest absolute Gasteiger partial charge is 0.490 e. The summed E-state index contributed by atoms with van der Waals surface area (Å²) < 4.78 is 34.3. The lowest BCUT2D eigenvalue weighted by atomic mass is 9.87. The van der Waals surface area contributed by atoms with Gasteiger partial charge in [-0.1, -0.05) is 0 Å². The average molecular weight is 487 g/mol. The van der Waals surface area contributed by atoms with E-state index in [1.54, 1.807) is 24.3 Å². The van der Waals surface area contributed by atoms with Crippen LogP contribution >= 0.6 is 0 Å². The van der Waals surface area contributed by atoms with E-state index in [0.29, 0.717) is 42.6 Å². The molecule has 2 fully saturated rings. The molecule has 0 unspecified atom stereocenters. The summed E-state index contributed by atoms with van der Waals surface area (Å²) in [6.07, 6.45) is 4.13. The van der Waals surface area contributed by atoms with Gasteiger partial charge in [-0.3, -0.25) is 14.4 Å². The number of aliphatic carboxylic acids is 1. The summed E-state index contributed by atoms with van der Waals surface area (Å²) in [5.74, 6) is -2.85. The number of rotatable bonds is 9. The number of carboxylic acid groups (broad SMARTS) is 1. The van der Waals surface area contributed by atoms with Gasteiger partial charge in [0.2, 0.25) is 0 Å². The molecule has 0 aromatic heterocycles. The number of ether oxygens (including phenoxy) is 1. The van der Waals surface area contributed by atoms with Gasteiger partial charge in [-0.25, -0.2) is 8.78 Å². The molecule has 2 aromatic rings. The van der Waals surface area contributed by atoms with Crippen LogP contribution in [0.5, 0.6) is 5.75 Å². The Morgan fingerprint density at radius 3 is 2.09 bits per heavy atom. The van der Waals surface area contributed by atoms with E-state index in [4.69, 9.17) is 9.84 Å². The SMILES string of the molecule is O=C(NCCNC(=O)c1cc(F)c(C2CC2)cc1F)c1ccc(OC2CCC(C(=O)O)CC2)cc1. The molecule has 2 aliphatic rings. The zero-order valence-electron chi connectivity index (χ0n) is 19.2. The monoisotopic (exact) mass is 486 g/mol. The molecule has 0 saturated heterocycles. The third-order valence-corrected chi connectivity index (χ3v) is 6.49. The maximum Gasteiger partial charge on any atom is 0.306 e. The first-order chi connectivity index (χ1) is 16.8. The van der Waals surface area contributed by atoms with Gasteiger partial charge >= 0.3 is 5.97 Å². The van der Waals surface area contributed by atoms with Crippen LogP contribution in [0.25, 0.3) is 0 Å². The third-order valence-electron chi connectivity index (χ3n) is 6.49. The van der Waals surface area contributed by atoms with Gasteiger partial charge in [0.15, 0.2) is 0 Å². The predicted octanol–water partition coefficient (Wildman–Crippen LogP) is 4.02. The predicted molar refractivity (Wildman–Crippen MR) is 123 cm³/mol. The number of benzene rings is 2. The Balaban J connectivity index is 1.19. The van der Waals surface area contributed by atoms with Crippen molar-refractivity contribution in [3.63, 3.8) is 0 Å². The number of hydrogen-bond acceptors (Lipinski definition) is 4. The zero-order chi connectivity index (χ0) is 24.9. The zero-order valence-corrected chi connectivity index (χ0v) is 19.2. The van der Waals surface area contributed by atoms with Crippen molar-refractivity contribution in [2.45, 2.75) is 50.5 Å². The van der Waals surface area contributed by atoms with E-state index in [-0.39, 0.29) is 42.5 Å². The summed E-state index contributed by atoms with van der Waals surface area (Å²) in [7, 11) is 0. The highest BCUT2D eigenvalue weighted by molar-refractivity contribution is 5.95. The first-order valence-corrected chi connectivity index (χ1v) is 11.9. The van der Waals surface area contributed by atoms with Crippen molar-refractivity contribution in [1.29, 1.82) is 0 Å². The fourth-order valence-electron chi connectivity index (χ4n) is 4.30. The molecule has 0 aliphatic heterocycles. The Kier molecular flexibility index (Phi) is 7.63. The number of carbonyl (C=O) groups excluding carboxylic acids is 2. The summed E-state index contributed by atoms with van der Waals surface area (Å²) in [4.78, 5) is 35.6. The molecule has 35 heavy (non-hydrogen) atoms. The lowest BCUT2D eigenvalue weighted by molar-refractivity contribution is -0.143. The van der Waals surface area contributed by atoms with Crippen molar-refractivity contribution in [3.05, 3.63) is 64.7 Å². The molecular weight excluding hydrogens is 458 g/mol. The van der Waals surface area contributed by atoms with Crippen LogP contribution in [0.4, 0.5) is 8.78 Å². The third kappa shape index (κ3) is 6.35. The quantitative estimate of drug-likeness (QED) is 0.465. The second kappa shape index (κ2) is 10.8. The van der Waals surface area contributed by atoms with Crippen molar-refractivity contribution in [2.75, 3.05) is 13.1 Å². The van der Waals surface area contributed by atoms with E-state index in [1.165, 1.54) is 0 Å². The molecule has 4 rings (SSSR count). The fraction of sp³-hybridized carbons (Fsp3) is 0.423. The number of carbonyl (C=O) groups is 3. The molecule has 186 valence electrons. The van der Waals surface area contributed by atoms with Crippen LogP contribution < -0.4 is 15.4 Å². The van der Waals surface area contributed by atoms with E-state index >= 15 is 0 Å². The Morgan fingerprint density at radius 2 is 1.49 bits per heavy atom. The molecule has 0 radical (unpaired) electrons. The van der Waals surface area contributed by atoms with Crippen LogP contribution in [-0.4, -0.2) is 42.1 Å². The Hall–Kier alpha value is -3.49. The molecule has 7 nitrogen and oxygen atoms in total. The molecule has 0 atom stereocenters. The average Bonchev–Trinajstić information content (AvgIpc) is 3.69. The molecule has 9 heteroatoms. The van der Waals surface area contributed by atoms with Crippen molar-refractivity contribution in [2.24, 2.45) is 5.92 Å². The van der Waals surface area contributed by atoms with Crippen molar-refractivity contribution in [1.82, 2.24) is 10.6 Å². The minimum absolute atomic E-state index is 0.0382. The van der Waals surface area contributed by atoms with Crippen LogP contribution in [-0.2, 0) is 4.79 Å². The van der Waals surface area contributed by atoms with Gasteiger partial charge in [0.25, 0.3) is 11.8 Å². The van der Waals surface area contributed by atoms with Gasteiger partial charge in [0.05, 0.1) is 17.6 Å². The Labute approximate surface area is 201 Å². The van der Waals surface area contributed by atoms with E-state index in [2.05, 4.69) is 10.6 Å². The number of amides is 2. The van der Waals surface area contributed by atoms with Crippen LogP contribution in [0.3, 0.4) is 0 Å². The normalized spacial score (nSPS) is 19.6. The number of nitrogens with one attached hydrogen (secondary N) is 2. The number of carboxylic acids is 1. The summed E-state index contributed by atoms with van der Waals surface area (Å²) in [6.45, 7) is 0.163. The minimum Gasteiger partial charge on any atom is -0.490 e. The molecule has 0 heterocycles. The molecule has 0 spiro atoms. The molecule has 3 N–H and O–H groups in total.